The molecule has 0 saturated carbocycles. The quantitative estimate of drug-likeness (QED) is 0.914. The topological polar surface area (TPSA) is 71.7 Å². The summed E-state index contributed by atoms with van der Waals surface area (Å²) in [6, 6.07) is 6.70. The average molecular weight is 308 g/mol. The number of rotatable bonds is 3. The molecule has 0 bridgehead atoms. The van der Waals surface area contributed by atoms with Crippen molar-refractivity contribution in [2.75, 3.05) is 6.61 Å². The van der Waals surface area contributed by atoms with E-state index in [1.165, 1.54) is 0 Å². The maximum atomic E-state index is 12.3. The van der Waals surface area contributed by atoms with Gasteiger partial charge in [-0.15, -0.1) is 0 Å². The summed E-state index contributed by atoms with van der Waals surface area (Å²) in [5.41, 5.74) is 1.45. The Hall–Kier alpha value is -1.98. The van der Waals surface area contributed by atoms with Crippen LogP contribution in [-0.4, -0.2) is 17.6 Å². The summed E-state index contributed by atoms with van der Waals surface area (Å²) >= 11 is 6.16. The third-order valence-electron chi connectivity index (χ3n) is 3.40. The van der Waals surface area contributed by atoms with E-state index in [0.29, 0.717) is 28.7 Å². The first-order valence-corrected chi connectivity index (χ1v) is 6.90. The van der Waals surface area contributed by atoms with Crippen LogP contribution in [0.5, 0.6) is 5.75 Å². The van der Waals surface area contributed by atoms with Crippen LogP contribution in [0, 0.1) is 6.92 Å². The smallest absolute Gasteiger partial charge is 0.287 e. The lowest BCUT2D eigenvalue weighted by Gasteiger charge is -2.12. The van der Waals surface area contributed by atoms with Crippen molar-refractivity contribution in [2.24, 2.45) is 0 Å². The Bertz CT molecular complexity index is 695. The lowest BCUT2D eigenvalue weighted by Crippen LogP contribution is -2.29. The Kier molecular flexibility index (Phi) is 3.61. The fourth-order valence-corrected chi connectivity index (χ4v) is 2.72. The number of aryl methyl sites for hydroxylation is 1. The minimum Gasteiger partial charge on any atom is -0.491 e. The number of fused-ring (bicyclic) bond motifs is 1. The van der Waals surface area contributed by atoms with Gasteiger partial charge in [0.05, 0.1) is 6.04 Å². The summed E-state index contributed by atoms with van der Waals surface area (Å²) < 4.78 is 10.8. The minimum atomic E-state index is -0.353. The summed E-state index contributed by atoms with van der Waals surface area (Å²) in [6.07, 6.45) is 0. The van der Waals surface area contributed by atoms with E-state index >= 15 is 0 Å². The molecule has 21 heavy (non-hydrogen) atoms. The van der Waals surface area contributed by atoms with Crippen molar-refractivity contribution in [1.82, 2.24) is 5.32 Å². The molecule has 6 heteroatoms. The highest BCUT2D eigenvalue weighted by molar-refractivity contribution is 6.31. The van der Waals surface area contributed by atoms with Crippen molar-refractivity contribution >= 4 is 17.5 Å². The number of carbonyl (C=O) groups is 1. The molecule has 0 saturated heterocycles. The molecule has 1 aliphatic heterocycles. The number of aliphatic hydroxyl groups excluding tert-OH is 1. The molecule has 5 nitrogen and oxygen atoms in total. The Morgan fingerprint density at radius 3 is 3.05 bits per heavy atom. The molecular weight excluding hydrogens is 294 g/mol. The number of hydrogen-bond acceptors (Lipinski definition) is 4. The summed E-state index contributed by atoms with van der Waals surface area (Å²) in [7, 11) is 0. The predicted octanol–water partition coefficient (Wildman–Crippen LogP) is 2.60. The third kappa shape index (κ3) is 2.50. The number of benzene rings is 1. The van der Waals surface area contributed by atoms with E-state index in [2.05, 4.69) is 5.32 Å². The number of nitrogens with one attached hydrogen (secondary N) is 1. The lowest BCUT2D eigenvalue weighted by molar-refractivity contribution is 0.0896. The molecule has 1 aromatic carbocycles. The van der Waals surface area contributed by atoms with Crippen LogP contribution < -0.4 is 10.1 Å². The molecule has 0 aliphatic carbocycles. The summed E-state index contributed by atoms with van der Waals surface area (Å²) in [6.45, 7) is 1.84. The van der Waals surface area contributed by atoms with E-state index in [-0.39, 0.29) is 24.3 Å². The van der Waals surface area contributed by atoms with Crippen LogP contribution in [0.15, 0.2) is 28.7 Å². The standard InChI is InChI=1S/C15H14ClNO4/c1-8-5-9(6-18)21-14(8)15(19)17-11-7-20-12-4-2-3-10(16)13(11)12/h2-5,11,18H,6-7H2,1H3,(H,17,19). The highest BCUT2D eigenvalue weighted by Crippen LogP contribution is 2.37. The van der Waals surface area contributed by atoms with Crippen LogP contribution >= 0.6 is 11.6 Å². The van der Waals surface area contributed by atoms with E-state index in [4.69, 9.17) is 25.9 Å². The zero-order valence-electron chi connectivity index (χ0n) is 11.4. The molecule has 1 aromatic heterocycles. The van der Waals surface area contributed by atoms with Crippen LogP contribution in [0.25, 0.3) is 0 Å². The maximum absolute atomic E-state index is 12.3. The van der Waals surface area contributed by atoms with Crippen LogP contribution in [0.1, 0.15) is 33.5 Å². The maximum Gasteiger partial charge on any atom is 0.287 e. The van der Waals surface area contributed by atoms with Crippen molar-refractivity contribution in [3.8, 4) is 5.75 Å². The molecular formula is C15H14ClNO4. The first-order chi connectivity index (χ1) is 10.1. The Morgan fingerprint density at radius 1 is 1.52 bits per heavy atom. The van der Waals surface area contributed by atoms with Gasteiger partial charge in [0.15, 0.2) is 5.76 Å². The van der Waals surface area contributed by atoms with Crippen LogP contribution in [0.2, 0.25) is 5.02 Å². The van der Waals surface area contributed by atoms with Gasteiger partial charge in [-0.2, -0.15) is 0 Å². The van der Waals surface area contributed by atoms with Gasteiger partial charge in [0, 0.05) is 16.1 Å². The average Bonchev–Trinajstić information content (AvgIpc) is 3.03. The Morgan fingerprint density at radius 2 is 2.33 bits per heavy atom. The molecule has 0 radical (unpaired) electrons. The third-order valence-corrected chi connectivity index (χ3v) is 3.73. The number of amides is 1. The SMILES string of the molecule is Cc1cc(CO)oc1C(=O)NC1COc2cccc(Cl)c21. The van der Waals surface area contributed by atoms with Crippen molar-refractivity contribution in [1.29, 1.82) is 0 Å². The first-order valence-electron chi connectivity index (χ1n) is 6.52. The number of halogens is 1. The normalized spacial score (nSPS) is 16.4. The number of furan rings is 1. The summed E-state index contributed by atoms with van der Waals surface area (Å²) in [5, 5.41) is 12.4. The van der Waals surface area contributed by atoms with Crippen LogP contribution in [0.3, 0.4) is 0 Å². The van der Waals surface area contributed by atoms with Gasteiger partial charge in [0.25, 0.3) is 5.91 Å². The van der Waals surface area contributed by atoms with Gasteiger partial charge in [0.2, 0.25) is 0 Å². The second-order valence-electron chi connectivity index (χ2n) is 4.87. The van der Waals surface area contributed by atoms with Gasteiger partial charge in [-0.1, -0.05) is 17.7 Å². The van der Waals surface area contributed by atoms with E-state index in [1.807, 2.05) is 6.07 Å². The molecule has 2 heterocycles. The fraction of sp³-hybridized carbons (Fsp3) is 0.267. The molecule has 110 valence electrons. The monoisotopic (exact) mass is 307 g/mol. The van der Waals surface area contributed by atoms with Crippen LogP contribution in [-0.2, 0) is 6.61 Å². The molecule has 1 unspecified atom stereocenters. The van der Waals surface area contributed by atoms with Crippen molar-refractivity contribution in [3.63, 3.8) is 0 Å². The van der Waals surface area contributed by atoms with E-state index < -0.39 is 0 Å². The summed E-state index contributed by atoms with van der Waals surface area (Å²) in [4.78, 5) is 12.3. The Labute approximate surface area is 126 Å². The largest absolute Gasteiger partial charge is 0.491 e. The van der Waals surface area contributed by atoms with Gasteiger partial charge in [-0.25, -0.2) is 0 Å². The fourth-order valence-electron chi connectivity index (χ4n) is 2.43. The number of hydrogen-bond donors (Lipinski definition) is 2. The predicted molar refractivity (Wildman–Crippen MR) is 76.5 cm³/mol. The van der Waals surface area contributed by atoms with Crippen molar-refractivity contribution in [3.05, 3.63) is 51.9 Å². The molecule has 1 atom stereocenters. The number of carbonyl (C=O) groups excluding carboxylic acids is 1. The molecule has 0 fully saturated rings. The summed E-state index contributed by atoms with van der Waals surface area (Å²) in [5.74, 6) is 0.881. The molecule has 3 rings (SSSR count). The number of aliphatic hydroxyl groups is 1. The van der Waals surface area contributed by atoms with Gasteiger partial charge in [-0.3, -0.25) is 4.79 Å². The van der Waals surface area contributed by atoms with Gasteiger partial charge in [0.1, 0.15) is 24.7 Å². The van der Waals surface area contributed by atoms with E-state index in [0.717, 1.165) is 5.56 Å². The second kappa shape index (κ2) is 5.42. The van der Waals surface area contributed by atoms with Gasteiger partial charge >= 0.3 is 0 Å². The number of ether oxygens (including phenoxy) is 1. The second-order valence-corrected chi connectivity index (χ2v) is 5.28. The zero-order chi connectivity index (χ0) is 15.0. The molecule has 1 amide bonds. The lowest BCUT2D eigenvalue weighted by atomic mass is 10.1. The molecule has 1 aliphatic rings. The first kappa shape index (κ1) is 14.0. The highest BCUT2D eigenvalue weighted by Gasteiger charge is 2.29. The van der Waals surface area contributed by atoms with Gasteiger partial charge in [-0.05, 0) is 25.1 Å². The highest BCUT2D eigenvalue weighted by atomic mass is 35.5. The van der Waals surface area contributed by atoms with Crippen molar-refractivity contribution < 1.29 is 19.1 Å². The zero-order valence-corrected chi connectivity index (χ0v) is 12.1. The van der Waals surface area contributed by atoms with E-state index in [1.54, 1.807) is 25.1 Å². The minimum absolute atomic E-state index is 0.194. The van der Waals surface area contributed by atoms with E-state index in [9.17, 15) is 4.79 Å². The van der Waals surface area contributed by atoms with Gasteiger partial charge < -0.3 is 19.6 Å². The van der Waals surface area contributed by atoms with Crippen LogP contribution in [0.4, 0.5) is 0 Å². The van der Waals surface area contributed by atoms with Crippen molar-refractivity contribution in [2.45, 2.75) is 19.6 Å². The molecule has 2 aromatic rings. The molecule has 2 N–H and O–H groups in total. The molecule has 0 spiro atoms. The Balaban J connectivity index is 1.82.